The molecule has 0 saturated carbocycles. The highest BCUT2D eigenvalue weighted by Crippen LogP contribution is 2.10. The van der Waals surface area contributed by atoms with Crippen molar-refractivity contribution in [2.45, 2.75) is 25.8 Å². The predicted octanol–water partition coefficient (Wildman–Crippen LogP) is 2.82. The molecule has 0 saturated heterocycles. The second-order valence-electron chi connectivity index (χ2n) is 6.82. The fraction of sp³-hybridized carbons (Fsp3) is 0.318. The van der Waals surface area contributed by atoms with Crippen LogP contribution in [0.1, 0.15) is 19.3 Å². The van der Waals surface area contributed by atoms with E-state index >= 15 is 0 Å². The molecule has 28 heavy (non-hydrogen) atoms. The number of aromatic nitrogens is 2. The average Bonchev–Trinajstić information content (AvgIpc) is 2.73. The van der Waals surface area contributed by atoms with Crippen LogP contribution in [-0.2, 0) is 11.3 Å². The Morgan fingerprint density at radius 3 is 2.64 bits per heavy atom. The van der Waals surface area contributed by atoms with Crippen LogP contribution in [0.4, 0.5) is 5.69 Å². The Bertz CT molecular complexity index is 969. The SMILES string of the molecule is CN(CCCNC(=O)CCCn1cnc2ccccc2c1=O)c1ccccc1. The fourth-order valence-corrected chi connectivity index (χ4v) is 3.12. The zero-order valence-electron chi connectivity index (χ0n) is 16.2. The molecule has 1 heterocycles. The summed E-state index contributed by atoms with van der Waals surface area (Å²) in [7, 11) is 2.05. The minimum absolute atomic E-state index is 0.0177. The summed E-state index contributed by atoms with van der Waals surface area (Å²) in [6, 6.07) is 17.5. The second kappa shape index (κ2) is 9.69. The van der Waals surface area contributed by atoms with E-state index in [1.807, 2.05) is 43.4 Å². The van der Waals surface area contributed by atoms with Gasteiger partial charge in [-0.25, -0.2) is 4.98 Å². The van der Waals surface area contributed by atoms with Crippen molar-refractivity contribution in [3.05, 3.63) is 71.3 Å². The van der Waals surface area contributed by atoms with E-state index in [9.17, 15) is 9.59 Å². The molecular weight excluding hydrogens is 352 g/mol. The van der Waals surface area contributed by atoms with Crippen LogP contribution in [0.5, 0.6) is 0 Å². The summed E-state index contributed by atoms with van der Waals surface area (Å²) in [6.07, 6.45) is 3.44. The van der Waals surface area contributed by atoms with Crippen LogP contribution >= 0.6 is 0 Å². The topological polar surface area (TPSA) is 67.2 Å². The molecule has 0 aliphatic heterocycles. The monoisotopic (exact) mass is 378 g/mol. The van der Waals surface area contributed by atoms with Gasteiger partial charge in [-0.2, -0.15) is 0 Å². The highest BCUT2D eigenvalue weighted by molar-refractivity contribution is 5.77. The van der Waals surface area contributed by atoms with Crippen LogP contribution in [0.3, 0.4) is 0 Å². The lowest BCUT2D eigenvalue weighted by atomic mass is 10.2. The first-order chi connectivity index (χ1) is 13.6. The Balaban J connectivity index is 1.37. The summed E-state index contributed by atoms with van der Waals surface area (Å²) in [5.41, 5.74) is 1.81. The predicted molar refractivity (Wildman–Crippen MR) is 113 cm³/mol. The van der Waals surface area contributed by atoms with Crippen molar-refractivity contribution < 1.29 is 4.79 Å². The number of anilines is 1. The number of hydrogen-bond acceptors (Lipinski definition) is 4. The minimum atomic E-state index is -0.0602. The van der Waals surface area contributed by atoms with Crippen LogP contribution in [0.25, 0.3) is 10.9 Å². The number of nitrogens with one attached hydrogen (secondary N) is 1. The van der Waals surface area contributed by atoms with Crippen molar-refractivity contribution in [1.82, 2.24) is 14.9 Å². The molecule has 146 valence electrons. The zero-order chi connectivity index (χ0) is 19.8. The second-order valence-corrected chi connectivity index (χ2v) is 6.82. The van der Waals surface area contributed by atoms with Crippen LogP contribution in [0.15, 0.2) is 65.7 Å². The van der Waals surface area contributed by atoms with Crippen molar-refractivity contribution in [2.24, 2.45) is 0 Å². The number of benzene rings is 2. The van der Waals surface area contributed by atoms with Crippen LogP contribution in [-0.4, -0.2) is 35.6 Å². The summed E-state index contributed by atoms with van der Waals surface area (Å²) in [5.74, 6) is 0.0177. The molecule has 6 heteroatoms. The van der Waals surface area contributed by atoms with E-state index in [-0.39, 0.29) is 11.5 Å². The van der Waals surface area contributed by atoms with Crippen LogP contribution < -0.4 is 15.8 Å². The van der Waals surface area contributed by atoms with Crippen molar-refractivity contribution in [3.63, 3.8) is 0 Å². The molecule has 0 bridgehead atoms. The van der Waals surface area contributed by atoms with Gasteiger partial charge in [-0.05, 0) is 37.1 Å². The van der Waals surface area contributed by atoms with Gasteiger partial charge in [-0.3, -0.25) is 14.2 Å². The normalized spacial score (nSPS) is 10.8. The molecule has 6 nitrogen and oxygen atoms in total. The van der Waals surface area contributed by atoms with Gasteiger partial charge in [-0.1, -0.05) is 30.3 Å². The van der Waals surface area contributed by atoms with E-state index in [1.165, 1.54) is 5.69 Å². The van der Waals surface area contributed by atoms with Crippen LogP contribution in [0.2, 0.25) is 0 Å². The molecule has 2 aromatic carbocycles. The summed E-state index contributed by atoms with van der Waals surface area (Å²) >= 11 is 0. The number of aryl methyl sites for hydroxylation is 1. The number of carbonyl (C=O) groups is 1. The molecule has 1 N–H and O–H groups in total. The first kappa shape index (κ1) is 19.6. The maximum Gasteiger partial charge on any atom is 0.261 e. The van der Waals surface area contributed by atoms with Crippen LogP contribution in [0, 0.1) is 0 Å². The summed E-state index contributed by atoms with van der Waals surface area (Å²) in [5, 5.41) is 3.56. The molecule has 0 spiro atoms. The van der Waals surface area contributed by atoms with E-state index in [0.717, 1.165) is 13.0 Å². The summed E-state index contributed by atoms with van der Waals surface area (Å²) in [6.45, 7) is 2.01. The molecular formula is C22H26N4O2. The molecule has 0 unspecified atom stereocenters. The van der Waals surface area contributed by atoms with Gasteiger partial charge in [0, 0.05) is 38.8 Å². The Morgan fingerprint density at radius 1 is 1.07 bits per heavy atom. The van der Waals surface area contributed by atoms with E-state index in [2.05, 4.69) is 27.3 Å². The smallest absolute Gasteiger partial charge is 0.261 e. The van der Waals surface area contributed by atoms with E-state index in [0.29, 0.717) is 36.8 Å². The van der Waals surface area contributed by atoms with E-state index < -0.39 is 0 Å². The maximum atomic E-state index is 12.4. The number of carbonyl (C=O) groups excluding carboxylic acids is 1. The summed E-state index contributed by atoms with van der Waals surface area (Å²) < 4.78 is 1.57. The Kier molecular flexibility index (Phi) is 6.78. The van der Waals surface area contributed by atoms with Gasteiger partial charge in [-0.15, -0.1) is 0 Å². The highest BCUT2D eigenvalue weighted by Gasteiger charge is 2.06. The lowest BCUT2D eigenvalue weighted by Crippen LogP contribution is -2.28. The Labute approximate surface area is 164 Å². The molecule has 0 aliphatic rings. The van der Waals surface area contributed by atoms with Gasteiger partial charge >= 0.3 is 0 Å². The third kappa shape index (κ3) is 5.19. The van der Waals surface area contributed by atoms with E-state index in [4.69, 9.17) is 0 Å². The molecule has 0 atom stereocenters. The van der Waals surface area contributed by atoms with Gasteiger partial charge in [0.1, 0.15) is 0 Å². The lowest BCUT2D eigenvalue weighted by Gasteiger charge is -2.19. The van der Waals surface area contributed by atoms with Gasteiger partial charge in [0.2, 0.25) is 5.91 Å². The number of fused-ring (bicyclic) bond motifs is 1. The van der Waals surface area contributed by atoms with Gasteiger partial charge in [0.25, 0.3) is 5.56 Å². The first-order valence-electron chi connectivity index (χ1n) is 9.62. The first-order valence-corrected chi connectivity index (χ1v) is 9.62. The van der Waals surface area contributed by atoms with Gasteiger partial charge in [0.05, 0.1) is 17.2 Å². The maximum absolute atomic E-state index is 12.4. The van der Waals surface area contributed by atoms with Crippen molar-refractivity contribution >= 4 is 22.5 Å². The number of nitrogens with zero attached hydrogens (tertiary/aromatic N) is 3. The number of para-hydroxylation sites is 2. The number of hydrogen-bond donors (Lipinski definition) is 1. The summed E-state index contributed by atoms with van der Waals surface area (Å²) in [4.78, 5) is 30.9. The van der Waals surface area contributed by atoms with E-state index in [1.54, 1.807) is 17.0 Å². The molecule has 0 fully saturated rings. The van der Waals surface area contributed by atoms with Gasteiger partial charge in [0.15, 0.2) is 0 Å². The molecule has 0 radical (unpaired) electrons. The molecule has 1 aromatic heterocycles. The van der Waals surface area contributed by atoms with Crippen molar-refractivity contribution in [2.75, 3.05) is 25.0 Å². The van der Waals surface area contributed by atoms with Crippen molar-refractivity contribution in [1.29, 1.82) is 0 Å². The largest absolute Gasteiger partial charge is 0.375 e. The Morgan fingerprint density at radius 2 is 1.82 bits per heavy atom. The number of amides is 1. The third-order valence-electron chi connectivity index (χ3n) is 4.72. The van der Waals surface area contributed by atoms with Crippen molar-refractivity contribution in [3.8, 4) is 0 Å². The Hall–Kier alpha value is -3.15. The molecule has 3 rings (SSSR count). The zero-order valence-corrected chi connectivity index (χ0v) is 16.2. The molecule has 1 amide bonds. The standard InChI is InChI=1S/C22H26N4O2/c1-25(18-9-3-2-4-10-18)15-8-14-23-21(27)13-7-16-26-17-24-20-12-6-5-11-19(20)22(26)28/h2-6,9-12,17H,7-8,13-16H2,1H3,(H,23,27). The lowest BCUT2D eigenvalue weighted by molar-refractivity contribution is -0.121. The average molecular weight is 378 g/mol. The van der Waals surface area contributed by atoms with Gasteiger partial charge < -0.3 is 10.2 Å². The highest BCUT2D eigenvalue weighted by atomic mass is 16.1. The third-order valence-corrected chi connectivity index (χ3v) is 4.72. The number of rotatable bonds is 9. The minimum Gasteiger partial charge on any atom is -0.375 e. The quantitative estimate of drug-likeness (QED) is 0.582. The molecule has 0 aliphatic carbocycles. The fourth-order valence-electron chi connectivity index (χ4n) is 3.12. The molecule has 3 aromatic rings.